The van der Waals surface area contributed by atoms with Crippen molar-refractivity contribution in [3.63, 3.8) is 0 Å². The molecule has 0 spiro atoms. The Hall–Kier alpha value is -7.13. The number of hydrogen-bond acceptors (Lipinski definition) is 8. The molecule has 0 bridgehead atoms. The van der Waals surface area contributed by atoms with Gasteiger partial charge in [-0.1, -0.05) is 72.5 Å². The van der Waals surface area contributed by atoms with E-state index < -0.39 is 17.8 Å². The number of methoxy groups -OCH3 is 2. The highest BCUT2D eigenvalue weighted by atomic mass is 16.5. The van der Waals surface area contributed by atoms with E-state index in [1.807, 2.05) is 24.3 Å². The summed E-state index contributed by atoms with van der Waals surface area (Å²) in [6, 6.07) is 32.9. The number of amides is 2. The van der Waals surface area contributed by atoms with E-state index in [4.69, 9.17) is 14.2 Å². The average Bonchev–Trinajstić information content (AvgIpc) is 3.22. The summed E-state index contributed by atoms with van der Waals surface area (Å²) in [5.41, 5.74) is 5.64. The van der Waals surface area contributed by atoms with Gasteiger partial charge in [-0.2, -0.15) is 0 Å². The predicted molar refractivity (Wildman–Crippen MR) is 209 cm³/mol. The number of carboxylic acid groups (broad SMARTS) is 1. The van der Waals surface area contributed by atoms with Crippen molar-refractivity contribution in [3.05, 3.63) is 149 Å². The second kappa shape index (κ2) is 17.6. The van der Waals surface area contributed by atoms with E-state index in [9.17, 15) is 24.3 Å². The van der Waals surface area contributed by atoms with Crippen LogP contribution in [0.3, 0.4) is 0 Å². The average molecular weight is 734 g/mol. The molecule has 0 aliphatic heterocycles. The van der Waals surface area contributed by atoms with E-state index in [0.717, 1.165) is 22.3 Å². The van der Waals surface area contributed by atoms with Gasteiger partial charge in [0.2, 0.25) is 0 Å². The van der Waals surface area contributed by atoms with E-state index >= 15 is 0 Å². The highest BCUT2D eigenvalue weighted by Crippen LogP contribution is 2.29. The van der Waals surface area contributed by atoms with Crippen LogP contribution in [0.4, 0.5) is 11.4 Å². The Morgan fingerprint density at radius 3 is 2.09 bits per heavy atom. The molecule has 1 aromatic heterocycles. The van der Waals surface area contributed by atoms with Crippen LogP contribution in [0.5, 0.6) is 0 Å². The molecule has 6 rings (SSSR count). The van der Waals surface area contributed by atoms with Crippen LogP contribution >= 0.6 is 0 Å². The minimum atomic E-state index is -1.09. The first-order chi connectivity index (χ1) is 26.7. The minimum Gasteiger partial charge on any atom is -0.478 e. The van der Waals surface area contributed by atoms with Crippen molar-refractivity contribution in [2.24, 2.45) is 0 Å². The number of esters is 1. The maximum Gasteiger partial charge on any atom is 0.337 e. The number of aromatic nitrogens is 1. The Labute approximate surface area is 316 Å². The van der Waals surface area contributed by atoms with Gasteiger partial charge in [-0.25, -0.2) is 9.59 Å². The van der Waals surface area contributed by atoms with E-state index in [-0.39, 0.29) is 23.8 Å². The van der Waals surface area contributed by atoms with Crippen LogP contribution in [0, 0.1) is 11.8 Å². The van der Waals surface area contributed by atoms with Crippen LogP contribution in [0.25, 0.3) is 33.0 Å². The number of nitrogens with zero attached hydrogens (tertiary/aromatic N) is 1. The van der Waals surface area contributed by atoms with Gasteiger partial charge in [0.05, 0.1) is 37.0 Å². The summed E-state index contributed by atoms with van der Waals surface area (Å²) in [4.78, 5) is 54.8. The van der Waals surface area contributed by atoms with Crippen molar-refractivity contribution in [1.82, 2.24) is 4.98 Å². The normalized spacial score (nSPS) is 10.6. The van der Waals surface area contributed by atoms with Gasteiger partial charge in [0, 0.05) is 41.2 Å². The third kappa shape index (κ3) is 9.09. The van der Waals surface area contributed by atoms with Gasteiger partial charge in [-0.05, 0) is 76.7 Å². The number of benzene rings is 5. The smallest absolute Gasteiger partial charge is 0.337 e. The van der Waals surface area contributed by atoms with Crippen LogP contribution in [0.15, 0.2) is 121 Å². The van der Waals surface area contributed by atoms with Gasteiger partial charge in [0.1, 0.15) is 12.3 Å². The topological polar surface area (TPSA) is 153 Å². The van der Waals surface area contributed by atoms with Crippen molar-refractivity contribution >= 4 is 45.9 Å². The Morgan fingerprint density at radius 2 is 1.40 bits per heavy atom. The molecule has 3 N–H and O–H groups in total. The molecule has 11 nitrogen and oxygen atoms in total. The summed E-state index contributed by atoms with van der Waals surface area (Å²) in [6.45, 7) is 0.983. The third-order valence-electron chi connectivity index (χ3n) is 8.59. The summed E-state index contributed by atoms with van der Waals surface area (Å²) < 4.78 is 15.3. The molecule has 11 heteroatoms. The minimum absolute atomic E-state index is 0.0868. The molecule has 0 radical (unpaired) electrons. The second-order valence-electron chi connectivity index (χ2n) is 12.1. The van der Waals surface area contributed by atoms with E-state index in [1.54, 1.807) is 98.2 Å². The first kappa shape index (κ1) is 37.6. The molecular weight excluding hydrogens is 698 g/mol. The number of aromatic carboxylic acids is 1. The fraction of sp³-hybridized carbons (Fsp3) is 0.114. The van der Waals surface area contributed by atoms with Crippen molar-refractivity contribution in [3.8, 4) is 34.1 Å². The molecule has 0 atom stereocenters. The zero-order valence-electron chi connectivity index (χ0n) is 29.9. The molecule has 0 unspecified atom stereocenters. The lowest BCUT2D eigenvalue weighted by molar-refractivity contribution is 0.0599. The number of carboxylic acids is 1. The van der Waals surface area contributed by atoms with E-state index in [1.165, 1.54) is 13.2 Å². The molecular formula is C44H35N3O8. The Balaban J connectivity index is 1.15. The lowest BCUT2D eigenvalue weighted by Crippen LogP contribution is -2.14. The highest BCUT2D eigenvalue weighted by molar-refractivity contribution is 6.14. The van der Waals surface area contributed by atoms with Gasteiger partial charge < -0.3 is 30.0 Å². The summed E-state index contributed by atoms with van der Waals surface area (Å²) in [6.07, 6.45) is 1.57. The first-order valence-corrected chi connectivity index (χ1v) is 17.1. The van der Waals surface area contributed by atoms with Gasteiger partial charge in [0.15, 0.2) is 0 Å². The maximum absolute atomic E-state index is 13.6. The molecule has 0 aliphatic rings. The van der Waals surface area contributed by atoms with Gasteiger partial charge in [-0.15, -0.1) is 0 Å². The standard InChI is InChI=1S/C44H35N3O8/c1-53-24-25-55-23-5-8-33-26-32(28-11-13-31(14-12-28)44(52)54-2)17-21-36(33)41(48)46-35-19-15-29(16-20-35)34-18-22-39(45-27-34)42(49)47-38-10-4-7-30-6-3-9-37(40(30)38)43(50)51/h3-4,6-7,9-22,26-27H,23-25H2,1-2H3,(H,46,48)(H,47,49)(H,50,51). The number of carbonyl (C=O) groups is 4. The summed E-state index contributed by atoms with van der Waals surface area (Å²) in [5.74, 6) is 3.67. The molecule has 274 valence electrons. The van der Waals surface area contributed by atoms with Crippen LogP contribution in [-0.2, 0) is 14.2 Å². The molecule has 55 heavy (non-hydrogen) atoms. The SMILES string of the molecule is COCCOCC#Cc1cc(-c2ccc(C(=O)OC)cc2)ccc1C(=O)Nc1ccc(-c2ccc(C(=O)Nc3cccc4cccc(C(=O)O)c34)nc2)cc1. The van der Waals surface area contributed by atoms with Crippen LogP contribution in [-0.4, -0.2) is 67.9 Å². The Morgan fingerprint density at radius 1 is 0.709 bits per heavy atom. The van der Waals surface area contributed by atoms with Crippen molar-refractivity contribution in [2.75, 3.05) is 44.7 Å². The zero-order valence-corrected chi connectivity index (χ0v) is 29.9. The number of hydrogen-bond donors (Lipinski definition) is 3. The number of rotatable bonds is 12. The molecule has 2 amide bonds. The quantitative estimate of drug-likeness (QED) is 0.0657. The number of nitrogens with one attached hydrogen (secondary N) is 2. The number of ether oxygens (including phenoxy) is 3. The molecule has 0 fully saturated rings. The fourth-order valence-electron chi connectivity index (χ4n) is 5.79. The number of pyridine rings is 1. The van der Waals surface area contributed by atoms with Gasteiger partial charge >= 0.3 is 11.9 Å². The maximum atomic E-state index is 13.6. The Bertz CT molecular complexity index is 2430. The number of carbonyl (C=O) groups excluding carboxylic acids is 3. The zero-order chi connectivity index (χ0) is 38.7. The molecule has 0 aliphatic carbocycles. The van der Waals surface area contributed by atoms with Crippen molar-refractivity contribution < 1.29 is 38.5 Å². The monoisotopic (exact) mass is 733 g/mol. The highest BCUT2D eigenvalue weighted by Gasteiger charge is 2.16. The van der Waals surface area contributed by atoms with Crippen LogP contribution < -0.4 is 10.6 Å². The molecule has 6 aromatic rings. The third-order valence-corrected chi connectivity index (χ3v) is 8.59. The van der Waals surface area contributed by atoms with E-state index in [0.29, 0.717) is 52.1 Å². The lowest BCUT2D eigenvalue weighted by Gasteiger charge is -2.11. The van der Waals surface area contributed by atoms with Gasteiger partial charge in [0.25, 0.3) is 11.8 Å². The summed E-state index contributed by atoms with van der Waals surface area (Å²) in [7, 11) is 2.92. The van der Waals surface area contributed by atoms with Crippen LogP contribution in [0.1, 0.15) is 47.1 Å². The predicted octanol–water partition coefficient (Wildman–Crippen LogP) is 7.57. The molecule has 0 saturated heterocycles. The number of fused-ring (bicyclic) bond motifs is 1. The summed E-state index contributed by atoms with van der Waals surface area (Å²) in [5, 5.41) is 16.5. The van der Waals surface area contributed by atoms with Gasteiger partial charge in [-0.3, -0.25) is 14.6 Å². The fourth-order valence-corrected chi connectivity index (χ4v) is 5.79. The molecule has 0 saturated carbocycles. The summed E-state index contributed by atoms with van der Waals surface area (Å²) >= 11 is 0. The lowest BCUT2D eigenvalue weighted by atomic mass is 9.98. The van der Waals surface area contributed by atoms with E-state index in [2.05, 4.69) is 27.5 Å². The first-order valence-electron chi connectivity index (χ1n) is 17.1. The molecule has 5 aromatic carbocycles. The van der Waals surface area contributed by atoms with Crippen molar-refractivity contribution in [2.45, 2.75) is 0 Å². The Kier molecular flexibility index (Phi) is 12.0. The van der Waals surface area contributed by atoms with Crippen LogP contribution in [0.2, 0.25) is 0 Å². The largest absolute Gasteiger partial charge is 0.478 e. The number of anilines is 2. The van der Waals surface area contributed by atoms with Crippen molar-refractivity contribution in [1.29, 1.82) is 0 Å². The molecule has 1 heterocycles. The second-order valence-corrected chi connectivity index (χ2v) is 12.1.